The molecule has 1 aromatic carbocycles. The number of nitrogens with zero attached hydrogens (tertiary/aromatic N) is 1. The molecule has 0 radical (unpaired) electrons. The van der Waals surface area contributed by atoms with Crippen LogP contribution in [0.2, 0.25) is 0 Å². The number of β-amino-alcohol motifs (C(OH)–C–C–N with tert-alkyl or cyclic N) is 1. The summed E-state index contributed by atoms with van der Waals surface area (Å²) in [5.74, 6) is 0.0344. The molecule has 5 nitrogen and oxygen atoms in total. The number of hydrogen-bond donors (Lipinski definition) is 3. The second-order valence-corrected chi connectivity index (χ2v) is 6.21. The molecule has 3 atom stereocenters. The Bertz CT molecular complexity index is 552. The quantitative estimate of drug-likeness (QED) is 0.770. The average Bonchev–Trinajstić information content (AvgIpc) is 2.74. The zero-order valence-corrected chi connectivity index (χ0v) is 13.5. The van der Waals surface area contributed by atoms with E-state index in [9.17, 15) is 15.0 Å². The zero-order chi connectivity index (χ0) is 15.0. The van der Waals surface area contributed by atoms with Crippen LogP contribution in [-0.4, -0.2) is 47.0 Å². The minimum Gasteiger partial charge on any atom is -0.393 e. The van der Waals surface area contributed by atoms with Crippen LogP contribution in [0, 0.1) is 0 Å². The fraction of sp³-hybridized carbons (Fsp3) is 0.562. The van der Waals surface area contributed by atoms with Gasteiger partial charge in [0, 0.05) is 18.7 Å². The third-order valence-corrected chi connectivity index (χ3v) is 4.47. The number of carbonyl (C=O) groups is 1. The molecule has 1 saturated heterocycles. The van der Waals surface area contributed by atoms with Gasteiger partial charge in [-0.25, -0.2) is 0 Å². The molecular formula is C16H23ClN2O3. The summed E-state index contributed by atoms with van der Waals surface area (Å²) in [7, 11) is 0. The van der Waals surface area contributed by atoms with Crippen LogP contribution in [0.1, 0.15) is 25.3 Å². The summed E-state index contributed by atoms with van der Waals surface area (Å²) >= 11 is 0. The molecule has 0 aromatic heterocycles. The van der Waals surface area contributed by atoms with E-state index in [0.29, 0.717) is 19.4 Å². The van der Waals surface area contributed by atoms with Gasteiger partial charge in [0.1, 0.15) is 5.60 Å². The second-order valence-electron chi connectivity index (χ2n) is 6.21. The SMILES string of the molecule is CC(O)CC1(O)CNCCC1N1C(=O)Cc2ccccc21.Cl. The number of carbonyl (C=O) groups excluding carboxylic acids is 1. The van der Waals surface area contributed by atoms with Crippen LogP contribution in [-0.2, 0) is 11.2 Å². The minimum absolute atomic E-state index is 0. The van der Waals surface area contributed by atoms with Gasteiger partial charge in [0.05, 0.1) is 18.6 Å². The highest BCUT2D eigenvalue weighted by molar-refractivity contribution is 6.02. The van der Waals surface area contributed by atoms with Gasteiger partial charge in [-0.2, -0.15) is 0 Å². The van der Waals surface area contributed by atoms with Crippen molar-refractivity contribution >= 4 is 24.0 Å². The van der Waals surface area contributed by atoms with E-state index in [1.165, 1.54) is 0 Å². The first-order chi connectivity index (χ1) is 10.0. The lowest BCUT2D eigenvalue weighted by atomic mass is 9.82. The average molecular weight is 327 g/mol. The number of hydrogen-bond acceptors (Lipinski definition) is 4. The van der Waals surface area contributed by atoms with Crippen molar-refractivity contribution in [3.63, 3.8) is 0 Å². The van der Waals surface area contributed by atoms with E-state index in [1.54, 1.807) is 11.8 Å². The Kier molecular flexibility index (Phi) is 5.12. The molecule has 22 heavy (non-hydrogen) atoms. The highest BCUT2D eigenvalue weighted by atomic mass is 35.5. The van der Waals surface area contributed by atoms with Crippen LogP contribution < -0.4 is 10.2 Å². The molecule has 3 rings (SSSR count). The molecule has 0 aliphatic carbocycles. The van der Waals surface area contributed by atoms with Crippen molar-refractivity contribution in [1.29, 1.82) is 0 Å². The van der Waals surface area contributed by atoms with Gasteiger partial charge < -0.3 is 20.4 Å². The molecule has 1 aromatic rings. The van der Waals surface area contributed by atoms with E-state index in [-0.39, 0.29) is 30.8 Å². The molecule has 3 N–H and O–H groups in total. The normalized spacial score (nSPS) is 29.0. The largest absolute Gasteiger partial charge is 0.393 e. The Morgan fingerprint density at radius 2 is 2.18 bits per heavy atom. The van der Waals surface area contributed by atoms with Gasteiger partial charge >= 0.3 is 0 Å². The molecular weight excluding hydrogens is 304 g/mol. The maximum Gasteiger partial charge on any atom is 0.231 e. The monoisotopic (exact) mass is 326 g/mol. The summed E-state index contributed by atoms with van der Waals surface area (Å²) in [6.07, 6.45) is 0.732. The number of aliphatic hydroxyl groups is 2. The van der Waals surface area contributed by atoms with E-state index in [0.717, 1.165) is 17.8 Å². The number of benzene rings is 1. The van der Waals surface area contributed by atoms with Gasteiger partial charge in [0.25, 0.3) is 0 Å². The number of anilines is 1. The smallest absolute Gasteiger partial charge is 0.231 e. The standard InChI is InChI=1S/C16H22N2O3.ClH/c1-11(19)9-16(21)10-17-7-6-14(16)18-13-5-3-2-4-12(13)8-15(18)20;/h2-5,11,14,17,19,21H,6-10H2,1H3;1H. The molecule has 122 valence electrons. The summed E-state index contributed by atoms with van der Waals surface area (Å²) in [4.78, 5) is 14.2. The van der Waals surface area contributed by atoms with Crippen LogP contribution in [0.3, 0.4) is 0 Å². The highest BCUT2D eigenvalue weighted by Gasteiger charge is 2.47. The predicted molar refractivity (Wildman–Crippen MR) is 87.4 cm³/mol. The van der Waals surface area contributed by atoms with Crippen molar-refractivity contribution in [3.8, 4) is 0 Å². The third-order valence-electron chi connectivity index (χ3n) is 4.47. The Hall–Kier alpha value is -1.14. The predicted octanol–water partition coefficient (Wildman–Crippen LogP) is 0.861. The molecule has 0 saturated carbocycles. The molecule has 0 bridgehead atoms. The van der Waals surface area contributed by atoms with E-state index in [2.05, 4.69) is 5.32 Å². The molecule has 0 spiro atoms. The van der Waals surface area contributed by atoms with Crippen molar-refractivity contribution in [2.45, 2.75) is 43.9 Å². The van der Waals surface area contributed by atoms with Gasteiger partial charge in [0.2, 0.25) is 5.91 Å². The van der Waals surface area contributed by atoms with Gasteiger partial charge in [-0.3, -0.25) is 4.79 Å². The number of fused-ring (bicyclic) bond motifs is 1. The molecule has 1 fully saturated rings. The van der Waals surface area contributed by atoms with Crippen LogP contribution >= 0.6 is 12.4 Å². The van der Waals surface area contributed by atoms with Gasteiger partial charge in [-0.1, -0.05) is 18.2 Å². The van der Waals surface area contributed by atoms with Crippen molar-refractivity contribution in [2.75, 3.05) is 18.0 Å². The number of halogens is 1. The van der Waals surface area contributed by atoms with Gasteiger partial charge in [-0.05, 0) is 31.5 Å². The molecule has 1 amide bonds. The summed E-state index contributed by atoms with van der Waals surface area (Å²) in [5, 5.41) is 23.9. The van der Waals surface area contributed by atoms with Crippen LogP contribution in [0.5, 0.6) is 0 Å². The number of rotatable bonds is 3. The lowest BCUT2D eigenvalue weighted by Crippen LogP contribution is -2.63. The summed E-state index contributed by atoms with van der Waals surface area (Å²) in [6, 6.07) is 7.45. The maximum atomic E-state index is 12.4. The van der Waals surface area contributed by atoms with Crippen molar-refractivity contribution in [1.82, 2.24) is 5.32 Å². The highest BCUT2D eigenvalue weighted by Crippen LogP contribution is 2.36. The molecule has 2 heterocycles. The molecule has 2 aliphatic rings. The lowest BCUT2D eigenvalue weighted by Gasteiger charge is -2.45. The number of amides is 1. The van der Waals surface area contributed by atoms with Crippen molar-refractivity contribution in [3.05, 3.63) is 29.8 Å². The number of aliphatic hydroxyl groups excluding tert-OH is 1. The van der Waals surface area contributed by atoms with Crippen LogP contribution in [0.15, 0.2) is 24.3 Å². The maximum absolute atomic E-state index is 12.4. The van der Waals surface area contributed by atoms with Gasteiger partial charge in [0.15, 0.2) is 0 Å². The topological polar surface area (TPSA) is 72.8 Å². The molecule has 2 aliphatic heterocycles. The van der Waals surface area contributed by atoms with Crippen LogP contribution in [0.4, 0.5) is 5.69 Å². The Morgan fingerprint density at radius 1 is 1.45 bits per heavy atom. The summed E-state index contributed by atoms with van der Waals surface area (Å²) in [6.45, 7) is 2.83. The first-order valence-corrected chi connectivity index (χ1v) is 7.52. The fourth-order valence-electron chi connectivity index (χ4n) is 3.64. The minimum atomic E-state index is -1.10. The Balaban J connectivity index is 0.00000176. The summed E-state index contributed by atoms with van der Waals surface area (Å²) in [5.41, 5.74) is 0.818. The first kappa shape index (κ1) is 17.2. The fourth-order valence-corrected chi connectivity index (χ4v) is 3.64. The van der Waals surface area contributed by atoms with Gasteiger partial charge in [-0.15, -0.1) is 12.4 Å². The van der Waals surface area contributed by atoms with E-state index in [4.69, 9.17) is 0 Å². The van der Waals surface area contributed by atoms with E-state index in [1.807, 2.05) is 24.3 Å². The lowest BCUT2D eigenvalue weighted by molar-refractivity contribution is -0.120. The van der Waals surface area contributed by atoms with Crippen molar-refractivity contribution in [2.24, 2.45) is 0 Å². The van der Waals surface area contributed by atoms with Crippen LogP contribution in [0.25, 0.3) is 0 Å². The number of para-hydroxylation sites is 1. The first-order valence-electron chi connectivity index (χ1n) is 7.52. The molecule has 6 heteroatoms. The van der Waals surface area contributed by atoms with E-state index >= 15 is 0 Å². The van der Waals surface area contributed by atoms with E-state index < -0.39 is 11.7 Å². The van der Waals surface area contributed by atoms with Crippen molar-refractivity contribution < 1.29 is 15.0 Å². The number of nitrogens with one attached hydrogen (secondary N) is 1. The number of piperidine rings is 1. The summed E-state index contributed by atoms with van der Waals surface area (Å²) < 4.78 is 0. The zero-order valence-electron chi connectivity index (χ0n) is 12.7. The Morgan fingerprint density at radius 3 is 2.91 bits per heavy atom. The third kappa shape index (κ3) is 2.99. The Labute approximate surface area is 136 Å². The molecule has 3 unspecified atom stereocenters. The second kappa shape index (κ2) is 6.54.